The number of halogens is 2. The van der Waals surface area contributed by atoms with Crippen molar-refractivity contribution < 1.29 is 14.1 Å². The molecule has 20 heavy (non-hydrogen) atoms. The van der Waals surface area contributed by atoms with Crippen molar-refractivity contribution >= 4 is 46.5 Å². The Labute approximate surface area is 124 Å². The third-order valence-electron chi connectivity index (χ3n) is 2.28. The fraction of sp³-hybridized carbons (Fsp3) is 0.0833. The molecular formula is C12H9Cl2N3O3. The number of hydrogen-bond acceptors (Lipinski definition) is 4. The Balaban J connectivity index is 2.04. The second kappa shape index (κ2) is 5.94. The Bertz CT molecular complexity index is 670. The molecule has 0 atom stereocenters. The van der Waals surface area contributed by atoms with Crippen molar-refractivity contribution in [1.29, 1.82) is 0 Å². The van der Waals surface area contributed by atoms with Crippen LogP contribution in [0.4, 0.5) is 11.5 Å². The average Bonchev–Trinajstić information content (AvgIpc) is 2.80. The molecule has 0 saturated heterocycles. The van der Waals surface area contributed by atoms with E-state index in [0.717, 1.165) is 0 Å². The monoisotopic (exact) mass is 313 g/mol. The van der Waals surface area contributed by atoms with Crippen LogP contribution in [0.1, 0.15) is 5.76 Å². The average molecular weight is 314 g/mol. The van der Waals surface area contributed by atoms with Crippen molar-refractivity contribution in [2.24, 2.45) is 0 Å². The molecule has 6 nitrogen and oxygen atoms in total. The van der Waals surface area contributed by atoms with Gasteiger partial charge in [-0.2, -0.15) is 0 Å². The SMILES string of the molecule is Cc1cc(NC(=O)C(=O)Nc2cccc(Cl)c2Cl)no1. The Kier molecular flexibility index (Phi) is 4.26. The van der Waals surface area contributed by atoms with Crippen LogP contribution in [-0.2, 0) is 9.59 Å². The van der Waals surface area contributed by atoms with Crippen molar-refractivity contribution in [3.63, 3.8) is 0 Å². The van der Waals surface area contributed by atoms with Crippen molar-refractivity contribution in [2.45, 2.75) is 6.92 Å². The van der Waals surface area contributed by atoms with Gasteiger partial charge in [0.05, 0.1) is 15.7 Å². The molecule has 0 spiro atoms. The first-order valence-electron chi connectivity index (χ1n) is 5.47. The molecule has 2 rings (SSSR count). The van der Waals surface area contributed by atoms with Gasteiger partial charge in [0, 0.05) is 6.07 Å². The van der Waals surface area contributed by atoms with Gasteiger partial charge < -0.3 is 9.84 Å². The number of carbonyl (C=O) groups is 2. The van der Waals surface area contributed by atoms with Crippen molar-refractivity contribution in [2.75, 3.05) is 10.6 Å². The van der Waals surface area contributed by atoms with Gasteiger partial charge in [-0.05, 0) is 19.1 Å². The highest BCUT2D eigenvalue weighted by atomic mass is 35.5. The summed E-state index contributed by atoms with van der Waals surface area (Å²) in [4.78, 5) is 23.3. The molecule has 2 aromatic rings. The van der Waals surface area contributed by atoms with Crippen LogP contribution in [0, 0.1) is 6.92 Å². The number of hydrogen-bond donors (Lipinski definition) is 2. The minimum atomic E-state index is -0.894. The van der Waals surface area contributed by atoms with Crippen molar-refractivity contribution in [3.8, 4) is 0 Å². The molecule has 2 amide bonds. The molecule has 104 valence electrons. The zero-order valence-electron chi connectivity index (χ0n) is 10.2. The number of nitrogens with one attached hydrogen (secondary N) is 2. The van der Waals surface area contributed by atoms with E-state index in [1.807, 2.05) is 0 Å². The van der Waals surface area contributed by atoms with E-state index >= 15 is 0 Å². The van der Waals surface area contributed by atoms with Gasteiger partial charge >= 0.3 is 11.8 Å². The van der Waals surface area contributed by atoms with Crippen LogP contribution >= 0.6 is 23.2 Å². The van der Waals surface area contributed by atoms with E-state index in [9.17, 15) is 9.59 Å². The van der Waals surface area contributed by atoms with E-state index < -0.39 is 11.8 Å². The lowest BCUT2D eigenvalue weighted by Gasteiger charge is -2.07. The number of rotatable bonds is 2. The summed E-state index contributed by atoms with van der Waals surface area (Å²) in [6.45, 7) is 1.66. The van der Waals surface area contributed by atoms with Crippen LogP contribution in [0.3, 0.4) is 0 Å². The summed E-state index contributed by atoms with van der Waals surface area (Å²) in [5, 5.41) is 8.61. The maximum absolute atomic E-state index is 11.7. The molecular weight excluding hydrogens is 305 g/mol. The predicted molar refractivity (Wildman–Crippen MR) is 75.0 cm³/mol. The molecule has 8 heteroatoms. The summed E-state index contributed by atoms with van der Waals surface area (Å²) < 4.78 is 4.76. The second-order valence-corrected chi connectivity index (χ2v) is 4.62. The van der Waals surface area contributed by atoms with Gasteiger partial charge in [-0.1, -0.05) is 34.4 Å². The molecule has 0 aliphatic heterocycles. The summed E-state index contributed by atoms with van der Waals surface area (Å²) in [5.41, 5.74) is 0.246. The van der Waals surface area contributed by atoms with Gasteiger partial charge in [-0.25, -0.2) is 0 Å². The Morgan fingerprint density at radius 2 is 1.90 bits per heavy atom. The summed E-state index contributed by atoms with van der Waals surface area (Å²) in [7, 11) is 0. The topological polar surface area (TPSA) is 84.2 Å². The zero-order chi connectivity index (χ0) is 14.7. The summed E-state index contributed by atoms with van der Waals surface area (Å²) in [6, 6.07) is 6.18. The van der Waals surface area contributed by atoms with E-state index in [0.29, 0.717) is 5.76 Å². The summed E-state index contributed by atoms with van der Waals surface area (Å²) in [5.74, 6) is -1.12. The number of amides is 2. The number of nitrogens with zero attached hydrogens (tertiary/aromatic N) is 1. The number of carbonyl (C=O) groups excluding carboxylic acids is 2. The molecule has 0 unspecified atom stereocenters. The molecule has 2 N–H and O–H groups in total. The predicted octanol–water partition coefficient (Wildman–Crippen LogP) is 2.87. The first kappa shape index (κ1) is 14.4. The quantitative estimate of drug-likeness (QED) is 0.835. The zero-order valence-corrected chi connectivity index (χ0v) is 11.7. The van der Waals surface area contributed by atoms with Gasteiger partial charge in [0.15, 0.2) is 5.82 Å². The first-order chi connectivity index (χ1) is 9.47. The van der Waals surface area contributed by atoms with Gasteiger partial charge in [-0.15, -0.1) is 0 Å². The third-order valence-corrected chi connectivity index (χ3v) is 3.09. The molecule has 0 fully saturated rings. The van der Waals surface area contributed by atoms with Crippen LogP contribution in [0.15, 0.2) is 28.8 Å². The lowest BCUT2D eigenvalue weighted by atomic mass is 10.3. The summed E-state index contributed by atoms with van der Waals surface area (Å²) in [6.07, 6.45) is 0. The molecule has 0 radical (unpaired) electrons. The largest absolute Gasteiger partial charge is 0.360 e. The van der Waals surface area contributed by atoms with Crippen molar-refractivity contribution in [1.82, 2.24) is 5.16 Å². The number of aromatic nitrogens is 1. The molecule has 0 saturated carbocycles. The van der Waals surface area contributed by atoms with Crippen LogP contribution in [0.2, 0.25) is 10.0 Å². The van der Waals surface area contributed by atoms with E-state index in [1.54, 1.807) is 19.1 Å². The van der Waals surface area contributed by atoms with E-state index in [4.69, 9.17) is 27.7 Å². The smallest absolute Gasteiger partial charge is 0.315 e. The maximum Gasteiger partial charge on any atom is 0.315 e. The Morgan fingerprint density at radius 3 is 2.55 bits per heavy atom. The lowest BCUT2D eigenvalue weighted by Crippen LogP contribution is -2.29. The molecule has 1 aromatic heterocycles. The molecule has 1 heterocycles. The second-order valence-electron chi connectivity index (χ2n) is 3.83. The van der Waals surface area contributed by atoms with E-state index in [1.165, 1.54) is 12.1 Å². The first-order valence-corrected chi connectivity index (χ1v) is 6.22. The minimum Gasteiger partial charge on any atom is -0.360 e. The highest BCUT2D eigenvalue weighted by Crippen LogP contribution is 2.29. The Morgan fingerprint density at radius 1 is 1.20 bits per heavy atom. The molecule has 1 aromatic carbocycles. The van der Waals surface area contributed by atoms with Crippen molar-refractivity contribution in [3.05, 3.63) is 40.1 Å². The Hall–Kier alpha value is -2.05. The third kappa shape index (κ3) is 3.28. The number of anilines is 2. The van der Waals surface area contributed by atoms with Gasteiger partial charge in [-0.3, -0.25) is 14.9 Å². The van der Waals surface area contributed by atoms with E-state index in [-0.39, 0.29) is 21.6 Å². The van der Waals surface area contributed by atoms with Crippen LogP contribution in [0.25, 0.3) is 0 Å². The van der Waals surface area contributed by atoms with Gasteiger partial charge in [0.1, 0.15) is 5.76 Å². The number of benzene rings is 1. The highest BCUT2D eigenvalue weighted by molar-refractivity contribution is 6.47. The van der Waals surface area contributed by atoms with E-state index in [2.05, 4.69) is 15.8 Å². The maximum atomic E-state index is 11.7. The fourth-order valence-electron chi connectivity index (χ4n) is 1.38. The van der Waals surface area contributed by atoms with Gasteiger partial charge in [0.2, 0.25) is 0 Å². The molecule has 0 bridgehead atoms. The summed E-state index contributed by atoms with van der Waals surface area (Å²) >= 11 is 11.7. The van der Waals surface area contributed by atoms with Crippen LogP contribution in [0.5, 0.6) is 0 Å². The van der Waals surface area contributed by atoms with Gasteiger partial charge in [0.25, 0.3) is 0 Å². The normalized spacial score (nSPS) is 10.2. The minimum absolute atomic E-state index is 0.153. The highest BCUT2D eigenvalue weighted by Gasteiger charge is 2.17. The standard InChI is InChI=1S/C12H9Cl2N3O3/c1-6-5-9(17-20-6)16-12(19)11(18)15-8-4-2-3-7(13)10(8)14/h2-5H,1H3,(H,15,18)(H,16,17,19). The molecule has 0 aliphatic carbocycles. The van der Waals surface area contributed by atoms with Crippen LogP contribution in [-0.4, -0.2) is 17.0 Å². The molecule has 0 aliphatic rings. The van der Waals surface area contributed by atoms with Crippen LogP contribution < -0.4 is 10.6 Å². The fourth-order valence-corrected chi connectivity index (χ4v) is 1.73. The number of aryl methyl sites for hydroxylation is 1. The lowest BCUT2D eigenvalue weighted by molar-refractivity contribution is -0.133.